The Balaban J connectivity index is 2.19. The van der Waals surface area contributed by atoms with Gasteiger partial charge in [-0.3, -0.25) is 0 Å². The van der Waals surface area contributed by atoms with E-state index in [-0.39, 0.29) is 5.56 Å². The fraction of sp³-hybridized carbons (Fsp3) is 0.562. The monoisotopic (exact) mass is 260 g/mol. The van der Waals surface area contributed by atoms with E-state index >= 15 is 0 Å². The van der Waals surface area contributed by atoms with Gasteiger partial charge in [0.25, 0.3) is 0 Å². The molecule has 0 saturated carbocycles. The van der Waals surface area contributed by atoms with Crippen molar-refractivity contribution in [2.45, 2.75) is 39.5 Å². The third-order valence-corrected chi connectivity index (χ3v) is 4.77. The van der Waals surface area contributed by atoms with E-state index in [4.69, 9.17) is 5.26 Å². The number of hydrogen-bond donors (Lipinski definition) is 0. The largest absolute Gasteiger partial charge is 0.370 e. The standard InChI is InChI=1S/C16H21FN2/c1-3-16(4-2)8-10-19(11-9-16)15-7-5-6-14(17)13(15)12-18/h5-7H,3-4,8-11H2,1-2H3. The molecule has 19 heavy (non-hydrogen) atoms. The molecule has 1 fully saturated rings. The summed E-state index contributed by atoms with van der Waals surface area (Å²) in [6, 6.07) is 6.89. The molecule has 1 aromatic rings. The first kappa shape index (κ1) is 13.9. The Morgan fingerprint density at radius 2 is 1.89 bits per heavy atom. The van der Waals surface area contributed by atoms with Crippen LogP contribution in [0.3, 0.4) is 0 Å². The third kappa shape index (κ3) is 2.58. The molecule has 0 atom stereocenters. The minimum absolute atomic E-state index is 0.183. The van der Waals surface area contributed by atoms with Crippen LogP contribution in [0.25, 0.3) is 0 Å². The molecule has 0 radical (unpaired) electrons. The number of halogens is 1. The van der Waals surface area contributed by atoms with Gasteiger partial charge < -0.3 is 4.90 Å². The smallest absolute Gasteiger partial charge is 0.143 e. The van der Waals surface area contributed by atoms with Crippen LogP contribution in [0.2, 0.25) is 0 Å². The Bertz CT molecular complexity index is 476. The molecule has 1 aliphatic heterocycles. The van der Waals surface area contributed by atoms with Gasteiger partial charge in [-0.25, -0.2) is 4.39 Å². The molecular formula is C16H21FN2. The van der Waals surface area contributed by atoms with E-state index in [0.29, 0.717) is 5.41 Å². The van der Waals surface area contributed by atoms with Crippen LogP contribution in [-0.2, 0) is 0 Å². The molecular weight excluding hydrogens is 239 g/mol. The zero-order chi connectivity index (χ0) is 13.9. The SMILES string of the molecule is CCC1(CC)CCN(c2cccc(F)c2C#N)CC1. The maximum atomic E-state index is 13.6. The molecule has 0 aliphatic carbocycles. The molecule has 3 heteroatoms. The lowest BCUT2D eigenvalue weighted by Gasteiger charge is -2.42. The average Bonchev–Trinajstić information content (AvgIpc) is 2.47. The second kappa shape index (κ2) is 5.61. The molecule has 0 aromatic heterocycles. The van der Waals surface area contributed by atoms with Crippen molar-refractivity contribution in [2.24, 2.45) is 5.41 Å². The lowest BCUT2D eigenvalue weighted by atomic mass is 9.74. The van der Waals surface area contributed by atoms with Crippen LogP contribution in [0.5, 0.6) is 0 Å². The molecule has 1 aliphatic rings. The molecule has 2 nitrogen and oxygen atoms in total. The van der Waals surface area contributed by atoms with Crippen molar-refractivity contribution in [3.05, 3.63) is 29.6 Å². The molecule has 0 unspecified atom stereocenters. The number of benzene rings is 1. The summed E-state index contributed by atoms with van der Waals surface area (Å²) in [7, 11) is 0. The van der Waals surface area contributed by atoms with Crippen LogP contribution in [0.1, 0.15) is 45.1 Å². The highest BCUT2D eigenvalue weighted by Gasteiger charge is 2.32. The molecule has 2 rings (SSSR count). The summed E-state index contributed by atoms with van der Waals surface area (Å²) in [5.74, 6) is -0.414. The van der Waals surface area contributed by atoms with Crippen molar-refractivity contribution in [2.75, 3.05) is 18.0 Å². The number of hydrogen-bond acceptors (Lipinski definition) is 2. The van der Waals surface area contributed by atoms with Crippen molar-refractivity contribution >= 4 is 5.69 Å². The quantitative estimate of drug-likeness (QED) is 0.818. The van der Waals surface area contributed by atoms with Crippen molar-refractivity contribution in [3.63, 3.8) is 0 Å². The van der Waals surface area contributed by atoms with Gasteiger partial charge in [0.05, 0.1) is 5.69 Å². The molecule has 102 valence electrons. The topological polar surface area (TPSA) is 27.0 Å². The molecule has 0 N–H and O–H groups in total. The van der Waals surface area contributed by atoms with Crippen molar-refractivity contribution < 1.29 is 4.39 Å². The zero-order valence-electron chi connectivity index (χ0n) is 11.7. The number of nitrogens with zero attached hydrogens (tertiary/aromatic N) is 2. The van der Waals surface area contributed by atoms with Crippen molar-refractivity contribution in [3.8, 4) is 6.07 Å². The van der Waals surface area contributed by atoms with Crippen LogP contribution in [0.4, 0.5) is 10.1 Å². The van der Waals surface area contributed by atoms with Gasteiger partial charge in [-0.05, 0) is 30.4 Å². The average molecular weight is 260 g/mol. The highest BCUT2D eigenvalue weighted by Crippen LogP contribution is 2.39. The van der Waals surface area contributed by atoms with E-state index < -0.39 is 5.82 Å². The minimum Gasteiger partial charge on any atom is -0.370 e. The van der Waals surface area contributed by atoms with Gasteiger partial charge in [0, 0.05) is 13.1 Å². The second-order valence-electron chi connectivity index (χ2n) is 5.44. The van der Waals surface area contributed by atoms with E-state index in [0.717, 1.165) is 31.6 Å². The summed E-state index contributed by atoms with van der Waals surface area (Å²) in [5.41, 5.74) is 1.38. The van der Waals surface area contributed by atoms with Crippen molar-refractivity contribution in [1.82, 2.24) is 0 Å². The first-order valence-electron chi connectivity index (χ1n) is 7.09. The van der Waals surface area contributed by atoms with E-state index in [1.807, 2.05) is 12.1 Å². The predicted molar refractivity (Wildman–Crippen MR) is 75.6 cm³/mol. The first-order chi connectivity index (χ1) is 9.15. The van der Waals surface area contributed by atoms with Crippen LogP contribution in [0.15, 0.2) is 18.2 Å². The van der Waals surface area contributed by atoms with Crippen molar-refractivity contribution in [1.29, 1.82) is 5.26 Å². The fourth-order valence-electron chi connectivity index (χ4n) is 3.07. The molecule has 1 saturated heterocycles. The summed E-state index contributed by atoms with van der Waals surface area (Å²) in [6.45, 7) is 6.34. The summed E-state index contributed by atoms with van der Waals surface area (Å²) >= 11 is 0. The Kier molecular flexibility index (Phi) is 4.09. The number of anilines is 1. The van der Waals surface area contributed by atoms with Gasteiger partial charge in [0.2, 0.25) is 0 Å². The van der Waals surface area contributed by atoms with Crippen LogP contribution in [0, 0.1) is 22.6 Å². The van der Waals surface area contributed by atoms with Gasteiger partial charge in [-0.15, -0.1) is 0 Å². The van der Waals surface area contributed by atoms with Crippen LogP contribution >= 0.6 is 0 Å². The van der Waals surface area contributed by atoms with Gasteiger partial charge in [0.15, 0.2) is 0 Å². The molecule has 0 amide bonds. The summed E-state index contributed by atoms with van der Waals surface area (Å²) in [4.78, 5) is 2.16. The maximum absolute atomic E-state index is 13.6. The summed E-state index contributed by atoms with van der Waals surface area (Å²) < 4.78 is 13.6. The zero-order valence-corrected chi connectivity index (χ0v) is 11.7. The van der Waals surface area contributed by atoms with Gasteiger partial charge in [0.1, 0.15) is 17.4 Å². The van der Waals surface area contributed by atoms with E-state index in [1.165, 1.54) is 18.9 Å². The Hall–Kier alpha value is -1.56. The molecule has 1 heterocycles. The van der Waals surface area contributed by atoms with E-state index in [2.05, 4.69) is 18.7 Å². The molecule has 0 spiro atoms. The highest BCUT2D eigenvalue weighted by atomic mass is 19.1. The lowest BCUT2D eigenvalue weighted by molar-refractivity contribution is 0.199. The Morgan fingerprint density at radius 3 is 2.42 bits per heavy atom. The first-order valence-corrected chi connectivity index (χ1v) is 7.09. The molecule has 1 aromatic carbocycles. The number of piperidine rings is 1. The normalized spacial score (nSPS) is 18.1. The highest BCUT2D eigenvalue weighted by molar-refractivity contribution is 5.60. The Morgan fingerprint density at radius 1 is 1.26 bits per heavy atom. The maximum Gasteiger partial charge on any atom is 0.143 e. The fourth-order valence-corrected chi connectivity index (χ4v) is 3.07. The third-order valence-electron chi connectivity index (χ3n) is 4.77. The van der Waals surface area contributed by atoms with Gasteiger partial charge in [-0.2, -0.15) is 5.26 Å². The number of nitriles is 1. The number of rotatable bonds is 3. The molecule has 0 bridgehead atoms. The van der Waals surface area contributed by atoms with E-state index in [1.54, 1.807) is 6.07 Å². The van der Waals surface area contributed by atoms with E-state index in [9.17, 15) is 4.39 Å². The Labute approximate surface area is 114 Å². The predicted octanol–water partition coefficient (Wildman–Crippen LogP) is 4.10. The van der Waals surface area contributed by atoms with Crippen LogP contribution in [-0.4, -0.2) is 13.1 Å². The van der Waals surface area contributed by atoms with Gasteiger partial charge >= 0.3 is 0 Å². The minimum atomic E-state index is -0.414. The second-order valence-corrected chi connectivity index (χ2v) is 5.44. The summed E-state index contributed by atoms with van der Waals surface area (Å²) in [5, 5.41) is 9.11. The lowest BCUT2D eigenvalue weighted by Crippen LogP contribution is -2.40. The summed E-state index contributed by atoms with van der Waals surface area (Å²) in [6.07, 6.45) is 4.65. The van der Waals surface area contributed by atoms with Crippen LogP contribution < -0.4 is 4.90 Å². The van der Waals surface area contributed by atoms with Gasteiger partial charge in [-0.1, -0.05) is 32.8 Å².